The number of halogens is 1. The molecule has 88 valence electrons. The van der Waals surface area contributed by atoms with Crippen molar-refractivity contribution < 1.29 is 9.13 Å². The molecule has 0 spiro atoms. The molecule has 0 saturated carbocycles. The van der Waals surface area contributed by atoms with Crippen LogP contribution in [0.15, 0.2) is 36.7 Å². The molecule has 0 bridgehead atoms. The molecule has 4 nitrogen and oxygen atoms in total. The molecule has 2 rings (SSSR count). The van der Waals surface area contributed by atoms with Gasteiger partial charge in [0.25, 0.3) is 0 Å². The lowest BCUT2D eigenvalue weighted by molar-refractivity contribution is 0.438. The number of benzene rings is 1. The van der Waals surface area contributed by atoms with Crippen molar-refractivity contribution in [1.82, 2.24) is 9.97 Å². The van der Waals surface area contributed by atoms with Gasteiger partial charge in [-0.15, -0.1) is 0 Å². The number of para-hydroxylation sites is 1. The first kappa shape index (κ1) is 11.5. The Balaban J connectivity index is 2.11. The lowest BCUT2D eigenvalue weighted by Gasteiger charge is -2.05. The Morgan fingerprint density at radius 1 is 1.18 bits per heavy atom. The first-order valence-electron chi connectivity index (χ1n) is 5.23. The molecular formula is C12H12FN3O. The molecule has 2 N–H and O–H groups in total. The van der Waals surface area contributed by atoms with E-state index in [1.165, 1.54) is 18.5 Å². The Hall–Kier alpha value is -2.01. The van der Waals surface area contributed by atoms with Gasteiger partial charge < -0.3 is 10.5 Å². The number of hydrogen-bond donors (Lipinski definition) is 1. The quantitative estimate of drug-likeness (QED) is 0.876. The molecule has 0 amide bonds. The third-order valence-corrected chi connectivity index (χ3v) is 2.11. The van der Waals surface area contributed by atoms with Gasteiger partial charge in [-0.05, 0) is 18.7 Å². The van der Waals surface area contributed by atoms with Crippen LogP contribution in [0.4, 0.5) is 4.39 Å². The predicted octanol–water partition coefficient (Wildman–Crippen LogP) is 1.91. The highest BCUT2D eigenvalue weighted by Crippen LogP contribution is 2.22. The maximum absolute atomic E-state index is 13.3. The van der Waals surface area contributed by atoms with E-state index in [9.17, 15) is 4.39 Å². The van der Waals surface area contributed by atoms with Gasteiger partial charge >= 0.3 is 0 Å². The number of rotatable bonds is 4. The molecule has 0 atom stereocenters. The molecule has 0 saturated heterocycles. The van der Waals surface area contributed by atoms with Crippen LogP contribution in [0.2, 0.25) is 0 Å². The van der Waals surface area contributed by atoms with Crippen LogP contribution in [0.3, 0.4) is 0 Å². The average molecular weight is 233 g/mol. The van der Waals surface area contributed by atoms with Gasteiger partial charge in [0.05, 0.1) is 12.4 Å². The Morgan fingerprint density at radius 2 is 1.88 bits per heavy atom. The molecule has 1 aromatic carbocycles. The summed E-state index contributed by atoms with van der Waals surface area (Å²) in [6.07, 6.45) is 3.62. The third kappa shape index (κ3) is 2.98. The molecule has 0 aliphatic heterocycles. The molecule has 0 unspecified atom stereocenters. The van der Waals surface area contributed by atoms with Gasteiger partial charge in [0.1, 0.15) is 5.82 Å². The molecular weight excluding hydrogens is 221 g/mol. The molecule has 0 aliphatic carbocycles. The van der Waals surface area contributed by atoms with Crippen molar-refractivity contribution in [3.05, 3.63) is 48.3 Å². The third-order valence-electron chi connectivity index (χ3n) is 2.11. The molecule has 1 heterocycles. The van der Waals surface area contributed by atoms with Crippen LogP contribution in [-0.2, 0) is 6.42 Å². The standard InChI is InChI=1S/C12H12FN3O/c13-10-3-1-2-4-11(10)17-9-7-15-12(5-6-14)16-8-9/h1-4,7-8H,5-6,14H2. The van der Waals surface area contributed by atoms with E-state index < -0.39 is 5.82 Å². The molecule has 0 fully saturated rings. The average Bonchev–Trinajstić information content (AvgIpc) is 2.35. The van der Waals surface area contributed by atoms with E-state index in [1.807, 2.05) is 0 Å². The summed E-state index contributed by atoms with van der Waals surface area (Å²) in [6, 6.07) is 6.17. The Bertz CT molecular complexity index is 487. The molecule has 5 heteroatoms. The lowest BCUT2D eigenvalue weighted by Crippen LogP contribution is -2.06. The minimum absolute atomic E-state index is 0.155. The highest BCUT2D eigenvalue weighted by atomic mass is 19.1. The first-order chi connectivity index (χ1) is 8.29. The number of nitrogens with zero attached hydrogens (tertiary/aromatic N) is 2. The predicted molar refractivity (Wildman–Crippen MR) is 61.3 cm³/mol. The zero-order valence-electron chi connectivity index (χ0n) is 9.14. The Labute approximate surface area is 98.3 Å². The molecule has 2 aromatic rings. The number of nitrogens with two attached hydrogens (primary N) is 1. The second-order valence-corrected chi connectivity index (χ2v) is 3.41. The van der Waals surface area contributed by atoms with Crippen LogP contribution in [0.1, 0.15) is 5.82 Å². The summed E-state index contributed by atoms with van der Waals surface area (Å²) in [7, 11) is 0. The van der Waals surface area contributed by atoms with E-state index in [1.54, 1.807) is 18.2 Å². The maximum Gasteiger partial charge on any atom is 0.165 e. The topological polar surface area (TPSA) is 61.0 Å². The monoisotopic (exact) mass is 233 g/mol. The van der Waals surface area contributed by atoms with Gasteiger partial charge in [0.2, 0.25) is 0 Å². The van der Waals surface area contributed by atoms with E-state index >= 15 is 0 Å². The summed E-state index contributed by atoms with van der Waals surface area (Å²) >= 11 is 0. The van der Waals surface area contributed by atoms with Crippen molar-refractivity contribution in [3.8, 4) is 11.5 Å². The van der Waals surface area contributed by atoms with E-state index in [0.717, 1.165) is 0 Å². The summed E-state index contributed by atoms with van der Waals surface area (Å²) in [5.74, 6) is 0.783. The normalized spacial score (nSPS) is 10.2. The fourth-order valence-corrected chi connectivity index (χ4v) is 1.31. The Kier molecular flexibility index (Phi) is 3.62. The van der Waals surface area contributed by atoms with Gasteiger partial charge in [-0.3, -0.25) is 0 Å². The maximum atomic E-state index is 13.3. The molecule has 17 heavy (non-hydrogen) atoms. The van der Waals surface area contributed by atoms with Crippen LogP contribution in [0, 0.1) is 5.82 Å². The second kappa shape index (κ2) is 5.36. The van der Waals surface area contributed by atoms with E-state index in [2.05, 4.69) is 9.97 Å². The van der Waals surface area contributed by atoms with Crippen LogP contribution in [0.5, 0.6) is 11.5 Å². The van der Waals surface area contributed by atoms with E-state index in [4.69, 9.17) is 10.5 Å². The Morgan fingerprint density at radius 3 is 2.53 bits per heavy atom. The largest absolute Gasteiger partial charge is 0.451 e. The van der Waals surface area contributed by atoms with Crippen LogP contribution in [0.25, 0.3) is 0 Å². The van der Waals surface area contributed by atoms with Crippen molar-refractivity contribution in [2.75, 3.05) is 6.54 Å². The highest BCUT2D eigenvalue weighted by molar-refractivity contribution is 5.29. The van der Waals surface area contributed by atoms with Crippen molar-refractivity contribution in [3.63, 3.8) is 0 Å². The van der Waals surface area contributed by atoms with E-state index in [-0.39, 0.29) is 5.75 Å². The summed E-state index contributed by atoms with van der Waals surface area (Å²) in [5, 5.41) is 0. The van der Waals surface area contributed by atoms with Crippen molar-refractivity contribution in [2.45, 2.75) is 6.42 Å². The lowest BCUT2D eigenvalue weighted by atomic mass is 10.3. The van der Waals surface area contributed by atoms with Gasteiger partial charge in [0.15, 0.2) is 17.3 Å². The minimum atomic E-state index is -0.418. The highest BCUT2D eigenvalue weighted by Gasteiger charge is 2.04. The van der Waals surface area contributed by atoms with Gasteiger partial charge in [0, 0.05) is 6.42 Å². The SMILES string of the molecule is NCCc1ncc(Oc2ccccc2F)cn1. The molecule has 1 aromatic heterocycles. The molecule has 0 aliphatic rings. The summed E-state index contributed by atoms with van der Waals surface area (Å²) in [4.78, 5) is 8.11. The van der Waals surface area contributed by atoms with Gasteiger partial charge in [-0.1, -0.05) is 12.1 Å². The van der Waals surface area contributed by atoms with Crippen LogP contribution >= 0.6 is 0 Å². The fourth-order valence-electron chi connectivity index (χ4n) is 1.31. The number of ether oxygens (including phenoxy) is 1. The van der Waals surface area contributed by atoms with E-state index in [0.29, 0.717) is 24.5 Å². The second-order valence-electron chi connectivity index (χ2n) is 3.41. The number of aromatic nitrogens is 2. The van der Waals surface area contributed by atoms with Gasteiger partial charge in [-0.25, -0.2) is 14.4 Å². The summed E-state index contributed by atoms with van der Waals surface area (Å²) in [6.45, 7) is 0.494. The van der Waals surface area contributed by atoms with Crippen LogP contribution < -0.4 is 10.5 Å². The zero-order chi connectivity index (χ0) is 12.1. The van der Waals surface area contributed by atoms with Crippen molar-refractivity contribution >= 4 is 0 Å². The summed E-state index contributed by atoms with van der Waals surface area (Å²) < 4.78 is 18.6. The first-order valence-corrected chi connectivity index (χ1v) is 5.23. The molecule has 0 radical (unpaired) electrons. The minimum Gasteiger partial charge on any atom is -0.451 e. The van der Waals surface area contributed by atoms with Crippen molar-refractivity contribution in [1.29, 1.82) is 0 Å². The zero-order valence-corrected chi connectivity index (χ0v) is 9.14. The van der Waals surface area contributed by atoms with Crippen LogP contribution in [-0.4, -0.2) is 16.5 Å². The van der Waals surface area contributed by atoms with Crippen molar-refractivity contribution in [2.24, 2.45) is 5.73 Å². The fraction of sp³-hybridized carbons (Fsp3) is 0.167. The van der Waals surface area contributed by atoms with Gasteiger partial charge in [-0.2, -0.15) is 0 Å². The summed E-state index contributed by atoms with van der Waals surface area (Å²) in [5.41, 5.74) is 5.38. The smallest absolute Gasteiger partial charge is 0.165 e. The number of hydrogen-bond acceptors (Lipinski definition) is 4.